The van der Waals surface area contributed by atoms with Gasteiger partial charge in [0.05, 0.1) is 12.2 Å². The van der Waals surface area contributed by atoms with Gasteiger partial charge in [0, 0.05) is 17.2 Å². The summed E-state index contributed by atoms with van der Waals surface area (Å²) in [6.07, 6.45) is 0. The lowest BCUT2D eigenvalue weighted by Crippen LogP contribution is -2.28. The molecule has 7 heteroatoms. The SMILES string of the molecule is CCOC(=O)C1=C(C)Nc2nc(=S)[nH]c(N)c2C1C(C)c1ccccc1. The molecule has 6 nitrogen and oxygen atoms in total. The zero-order chi connectivity index (χ0) is 18.8. The second-order valence-electron chi connectivity index (χ2n) is 6.28. The molecule has 1 aliphatic heterocycles. The Morgan fingerprint density at radius 2 is 2.08 bits per heavy atom. The van der Waals surface area contributed by atoms with E-state index in [4.69, 9.17) is 22.7 Å². The maximum Gasteiger partial charge on any atom is 0.336 e. The normalized spacial score (nSPS) is 17.3. The first-order valence-corrected chi connectivity index (χ1v) is 8.94. The number of nitrogen functional groups attached to an aromatic ring is 1. The minimum Gasteiger partial charge on any atom is -0.463 e. The number of H-pyrrole nitrogens is 1. The monoisotopic (exact) mass is 370 g/mol. The van der Waals surface area contributed by atoms with Crippen LogP contribution in [0.3, 0.4) is 0 Å². The molecule has 0 saturated heterocycles. The van der Waals surface area contributed by atoms with Gasteiger partial charge in [0.1, 0.15) is 11.6 Å². The number of nitrogens with two attached hydrogens (primary N) is 1. The summed E-state index contributed by atoms with van der Waals surface area (Å²) in [6, 6.07) is 10.0. The van der Waals surface area contributed by atoms with Gasteiger partial charge in [-0.05, 0) is 37.5 Å². The van der Waals surface area contributed by atoms with E-state index in [1.54, 1.807) is 6.92 Å². The minimum atomic E-state index is -0.349. The van der Waals surface area contributed by atoms with E-state index in [1.165, 1.54) is 0 Å². The van der Waals surface area contributed by atoms with E-state index in [0.717, 1.165) is 11.1 Å². The Balaban J connectivity index is 2.21. The number of nitrogens with one attached hydrogen (secondary N) is 2. The summed E-state index contributed by atoms with van der Waals surface area (Å²) >= 11 is 5.15. The van der Waals surface area contributed by atoms with E-state index >= 15 is 0 Å². The lowest BCUT2D eigenvalue weighted by Gasteiger charge is -2.33. The number of rotatable bonds is 4. The quantitative estimate of drug-likeness (QED) is 0.559. The van der Waals surface area contributed by atoms with Gasteiger partial charge in [-0.15, -0.1) is 0 Å². The lowest BCUT2D eigenvalue weighted by molar-refractivity contribution is -0.139. The van der Waals surface area contributed by atoms with Crippen LogP contribution in [0, 0.1) is 4.77 Å². The summed E-state index contributed by atoms with van der Waals surface area (Å²) in [6.45, 7) is 6.01. The molecule has 2 aromatic rings. The zero-order valence-corrected chi connectivity index (χ0v) is 15.8. The Kier molecular flexibility index (Phi) is 5.08. The van der Waals surface area contributed by atoms with Crippen LogP contribution in [0.1, 0.15) is 43.7 Å². The molecule has 4 N–H and O–H groups in total. The summed E-state index contributed by atoms with van der Waals surface area (Å²) in [5.74, 6) is 0.337. The Labute approximate surface area is 157 Å². The predicted molar refractivity (Wildman–Crippen MR) is 104 cm³/mol. The summed E-state index contributed by atoms with van der Waals surface area (Å²) in [5, 5.41) is 3.17. The number of ether oxygens (including phenoxy) is 1. The Hall–Kier alpha value is -2.67. The van der Waals surface area contributed by atoms with Gasteiger partial charge >= 0.3 is 5.97 Å². The molecule has 0 saturated carbocycles. The number of fused-ring (bicyclic) bond motifs is 1. The molecule has 0 aliphatic carbocycles. The van der Waals surface area contributed by atoms with Crippen molar-refractivity contribution in [2.45, 2.75) is 32.6 Å². The maximum absolute atomic E-state index is 12.7. The number of nitrogens with zero attached hydrogens (tertiary/aromatic N) is 1. The third-order valence-electron chi connectivity index (χ3n) is 4.65. The number of benzene rings is 1. The molecule has 0 radical (unpaired) electrons. The van der Waals surface area contributed by atoms with E-state index in [0.29, 0.717) is 34.3 Å². The van der Waals surface area contributed by atoms with Gasteiger partial charge in [0.2, 0.25) is 0 Å². The van der Waals surface area contributed by atoms with Crippen molar-refractivity contribution in [2.24, 2.45) is 0 Å². The highest BCUT2D eigenvalue weighted by molar-refractivity contribution is 7.71. The highest BCUT2D eigenvalue weighted by Gasteiger charge is 2.38. The molecule has 0 amide bonds. The number of carbonyl (C=O) groups excluding carboxylic acids is 1. The van der Waals surface area contributed by atoms with Crippen LogP contribution in [0.2, 0.25) is 0 Å². The molecular formula is C19H22N4O2S. The van der Waals surface area contributed by atoms with Gasteiger partial charge in [-0.3, -0.25) is 0 Å². The van der Waals surface area contributed by atoms with Crippen molar-refractivity contribution in [3.05, 3.63) is 57.5 Å². The van der Waals surface area contributed by atoms with Crippen molar-refractivity contribution >= 4 is 29.8 Å². The molecule has 1 aromatic carbocycles. The van der Waals surface area contributed by atoms with Crippen molar-refractivity contribution in [3.8, 4) is 0 Å². The summed E-state index contributed by atoms with van der Waals surface area (Å²) in [5.41, 5.74) is 9.36. The van der Waals surface area contributed by atoms with Crippen molar-refractivity contribution in [1.82, 2.24) is 9.97 Å². The van der Waals surface area contributed by atoms with Crippen molar-refractivity contribution in [1.29, 1.82) is 0 Å². The summed E-state index contributed by atoms with van der Waals surface area (Å²) in [7, 11) is 0. The first-order valence-electron chi connectivity index (χ1n) is 8.53. The van der Waals surface area contributed by atoms with Gasteiger partial charge in [-0.2, -0.15) is 0 Å². The van der Waals surface area contributed by atoms with Crippen LogP contribution in [0.5, 0.6) is 0 Å². The topological polar surface area (TPSA) is 93.0 Å². The van der Waals surface area contributed by atoms with E-state index in [1.807, 2.05) is 37.3 Å². The van der Waals surface area contributed by atoms with E-state index < -0.39 is 0 Å². The average molecular weight is 370 g/mol. The highest BCUT2D eigenvalue weighted by atomic mass is 32.1. The Morgan fingerprint density at radius 1 is 1.38 bits per heavy atom. The molecule has 2 heterocycles. The van der Waals surface area contributed by atoms with Crippen molar-refractivity contribution in [3.63, 3.8) is 0 Å². The largest absolute Gasteiger partial charge is 0.463 e. The number of hydrogen-bond acceptors (Lipinski definition) is 6. The fourth-order valence-electron chi connectivity index (χ4n) is 3.47. The van der Waals surface area contributed by atoms with E-state index in [9.17, 15) is 4.79 Å². The van der Waals surface area contributed by atoms with E-state index in [2.05, 4.69) is 22.2 Å². The Morgan fingerprint density at radius 3 is 2.73 bits per heavy atom. The second-order valence-corrected chi connectivity index (χ2v) is 6.67. The zero-order valence-electron chi connectivity index (χ0n) is 15.0. The molecule has 0 spiro atoms. The highest BCUT2D eigenvalue weighted by Crippen LogP contribution is 2.47. The molecule has 26 heavy (non-hydrogen) atoms. The van der Waals surface area contributed by atoms with Gasteiger partial charge in [-0.25, -0.2) is 9.78 Å². The van der Waals surface area contributed by atoms with Crippen LogP contribution in [0.25, 0.3) is 0 Å². The average Bonchev–Trinajstić information content (AvgIpc) is 2.60. The van der Waals surface area contributed by atoms with Crippen molar-refractivity contribution in [2.75, 3.05) is 17.7 Å². The van der Waals surface area contributed by atoms with Crippen LogP contribution in [-0.4, -0.2) is 22.5 Å². The third kappa shape index (κ3) is 3.22. The molecular weight excluding hydrogens is 348 g/mol. The van der Waals surface area contributed by atoms with Crippen LogP contribution in [-0.2, 0) is 9.53 Å². The van der Waals surface area contributed by atoms with Crippen molar-refractivity contribution < 1.29 is 9.53 Å². The van der Waals surface area contributed by atoms with Crippen LogP contribution < -0.4 is 11.1 Å². The molecule has 3 rings (SSSR count). The molecule has 2 atom stereocenters. The first kappa shape index (κ1) is 18.1. The van der Waals surface area contributed by atoms with E-state index in [-0.39, 0.29) is 17.8 Å². The van der Waals surface area contributed by atoms with Crippen LogP contribution in [0.4, 0.5) is 11.6 Å². The molecule has 0 fully saturated rings. The number of allylic oxidation sites excluding steroid dienone is 1. The van der Waals surface area contributed by atoms with Crippen LogP contribution in [0.15, 0.2) is 41.6 Å². The number of esters is 1. The number of aromatic amines is 1. The maximum atomic E-state index is 12.7. The number of hydrogen-bond donors (Lipinski definition) is 3. The van der Waals surface area contributed by atoms with Crippen LogP contribution >= 0.6 is 12.2 Å². The lowest BCUT2D eigenvalue weighted by atomic mass is 9.76. The third-order valence-corrected chi connectivity index (χ3v) is 4.85. The molecule has 1 aromatic heterocycles. The number of anilines is 2. The standard InChI is InChI=1S/C19H22N4O2S/c1-4-25-18(24)14-11(3)21-17-15(16(20)22-19(26)23-17)13(14)10(2)12-8-6-5-7-9-12/h5-10,13H,4H2,1-3H3,(H4,20,21,22,23,26). The second kappa shape index (κ2) is 7.29. The fourth-order valence-corrected chi connectivity index (χ4v) is 3.67. The smallest absolute Gasteiger partial charge is 0.336 e. The first-order chi connectivity index (χ1) is 12.4. The number of carbonyl (C=O) groups is 1. The predicted octanol–water partition coefficient (Wildman–Crippen LogP) is 3.87. The molecule has 136 valence electrons. The Bertz CT molecular complexity index is 921. The minimum absolute atomic E-state index is 0.0140. The van der Waals surface area contributed by atoms with Gasteiger partial charge in [0.25, 0.3) is 0 Å². The number of aromatic nitrogens is 2. The van der Waals surface area contributed by atoms with Gasteiger partial charge in [0.15, 0.2) is 4.77 Å². The fraction of sp³-hybridized carbons (Fsp3) is 0.316. The summed E-state index contributed by atoms with van der Waals surface area (Å²) < 4.78 is 5.62. The van der Waals surface area contributed by atoms with Gasteiger partial charge < -0.3 is 20.8 Å². The van der Waals surface area contributed by atoms with Gasteiger partial charge in [-0.1, -0.05) is 37.3 Å². The summed E-state index contributed by atoms with van der Waals surface area (Å²) in [4.78, 5) is 20.0. The molecule has 2 unspecified atom stereocenters. The molecule has 1 aliphatic rings. The molecule has 0 bridgehead atoms.